The molecule has 0 aliphatic rings. The second-order valence-corrected chi connectivity index (χ2v) is 5.13. The molecule has 90 valence electrons. The Hall–Kier alpha value is -1.48. The lowest BCUT2D eigenvalue weighted by atomic mass is 9.86. The molecule has 0 saturated heterocycles. The van der Waals surface area contributed by atoms with Gasteiger partial charge in [-0.3, -0.25) is 4.79 Å². The second-order valence-electron chi connectivity index (χ2n) is 4.72. The Morgan fingerprint density at radius 2 is 2.18 bits per heavy atom. The first-order valence-electron chi connectivity index (χ1n) is 5.30. The Labute approximate surface area is 104 Å². The highest BCUT2D eigenvalue weighted by Gasteiger charge is 2.28. The molecule has 0 fully saturated rings. The molecule has 1 aromatic heterocycles. The van der Waals surface area contributed by atoms with Crippen LogP contribution >= 0.6 is 11.6 Å². The van der Waals surface area contributed by atoms with E-state index in [1.165, 1.54) is 0 Å². The zero-order valence-electron chi connectivity index (χ0n) is 9.66. The number of carbonyl (C=O) groups is 1. The van der Waals surface area contributed by atoms with Crippen molar-refractivity contribution in [1.82, 2.24) is 0 Å². The molecule has 17 heavy (non-hydrogen) atoms. The van der Waals surface area contributed by atoms with Crippen molar-refractivity contribution in [2.24, 2.45) is 0 Å². The standard InChI is InChI=1S/C13H13ClO3/c1-13(2,7-11(15)16)10-6-8-4-3-5-9(14)12(8)17-10/h3-6H,7H2,1-2H3,(H,15,16). The van der Waals surface area contributed by atoms with Gasteiger partial charge in [-0.25, -0.2) is 0 Å². The van der Waals surface area contributed by atoms with Gasteiger partial charge in [0, 0.05) is 10.8 Å². The maximum absolute atomic E-state index is 10.8. The quantitative estimate of drug-likeness (QED) is 0.903. The van der Waals surface area contributed by atoms with Crippen LogP contribution in [0.3, 0.4) is 0 Å². The first-order chi connectivity index (χ1) is 7.90. The molecular weight excluding hydrogens is 240 g/mol. The molecular formula is C13H13ClO3. The van der Waals surface area contributed by atoms with Crippen LogP contribution in [-0.4, -0.2) is 11.1 Å². The molecule has 0 aliphatic carbocycles. The van der Waals surface area contributed by atoms with Crippen molar-refractivity contribution in [2.75, 3.05) is 0 Å². The molecule has 0 amide bonds. The van der Waals surface area contributed by atoms with E-state index in [2.05, 4.69) is 0 Å². The SMILES string of the molecule is CC(C)(CC(=O)O)c1cc2cccc(Cl)c2o1. The third-order valence-corrected chi connectivity index (χ3v) is 3.05. The number of halogens is 1. The Balaban J connectivity index is 2.49. The van der Waals surface area contributed by atoms with Crippen LogP contribution in [0.2, 0.25) is 5.02 Å². The summed E-state index contributed by atoms with van der Waals surface area (Å²) >= 11 is 6.02. The Morgan fingerprint density at radius 3 is 2.76 bits per heavy atom. The third-order valence-electron chi connectivity index (χ3n) is 2.76. The van der Waals surface area contributed by atoms with Crippen molar-refractivity contribution in [2.45, 2.75) is 25.7 Å². The number of carboxylic acids is 1. The van der Waals surface area contributed by atoms with Crippen molar-refractivity contribution in [3.8, 4) is 0 Å². The minimum atomic E-state index is -0.846. The predicted octanol–water partition coefficient (Wildman–Crippen LogP) is 3.84. The number of rotatable bonds is 3. The molecule has 0 radical (unpaired) electrons. The van der Waals surface area contributed by atoms with E-state index in [1.807, 2.05) is 32.0 Å². The van der Waals surface area contributed by atoms with E-state index in [9.17, 15) is 4.79 Å². The maximum Gasteiger partial charge on any atom is 0.304 e. The van der Waals surface area contributed by atoms with Crippen LogP contribution < -0.4 is 0 Å². The van der Waals surface area contributed by atoms with Gasteiger partial charge in [0.1, 0.15) is 5.76 Å². The second kappa shape index (κ2) is 4.08. The Bertz CT molecular complexity index is 569. The molecule has 2 rings (SSSR count). The highest BCUT2D eigenvalue weighted by molar-refractivity contribution is 6.34. The smallest absolute Gasteiger partial charge is 0.304 e. The number of carboxylic acid groups (broad SMARTS) is 1. The van der Waals surface area contributed by atoms with Gasteiger partial charge in [-0.2, -0.15) is 0 Å². The average molecular weight is 253 g/mol. The molecule has 0 bridgehead atoms. The van der Waals surface area contributed by atoms with Crippen molar-refractivity contribution in [3.63, 3.8) is 0 Å². The fraction of sp³-hybridized carbons (Fsp3) is 0.308. The Morgan fingerprint density at radius 1 is 1.47 bits per heavy atom. The van der Waals surface area contributed by atoms with Crippen molar-refractivity contribution in [1.29, 1.82) is 0 Å². The summed E-state index contributed by atoms with van der Waals surface area (Å²) in [5, 5.41) is 10.3. The summed E-state index contributed by atoms with van der Waals surface area (Å²) < 4.78 is 5.67. The minimum Gasteiger partial charge on any atom is -0.481 e. The summed E-state index contributed by atoms with van der Waals surface area (Å²) in [6.07, 6.45) is 0.0183. The van der Waals surface area contributed by atoms with Crippen molar-refractivity contribution in [3.05, 3.63) is 35.0 Å². The molecule has 2 aromatic rings. The lowest BCUT2D eigenvalue weighted by molar-refractivity contribution is -0.138. The van der Waals surface area contributed by atoms with Gasteiger partial charge < -0.3 is 9.52 Å². The number of aliphatic carboxylic acids is 1. The molecule has 1 aromatic carbocycles. The summed E-state index contributed by atoms with van der Waals surface area (Å²) in [4.78, 5) is 10.8. The van der Waals surface area contributed by atoms with Gasteiger partial charge in [0.25, 0.3) is 0 Å². The fourth-order valence-electron chi connectivity index (χ4n) is 1.83. The first kappa shape index (κ1) is 12.0. The van der Waals surface area contributed by atoms with Crippen molar-refractivity contribution >= 4 is 28.5 Å². The lowest BCUT2D eigenvalue weighted by Gasteiger charge is -2.18. The summed E-state index contributed by atoms with van der Waals surface area (Å²) in [7, 11) is 0. The first-order valence-corrected chi connectivity index (χ1v) is 5.68. The zero-order valence-corrected chi connectivity index (χ0v) is 10.4. The molecule has 0 saturated carbocycles. The van der Waals surface area contributed by atoms with E-state index in [-0.39, 0.29) is 6.42 Å². The van der Waals surface area contributed by atoms with Crippen LogP contribution in [-0.2, 0) is 10.2 Å². The summed E-state index contributed by atoms with van der Waals surface area (Å²) in [5.41, 5.74) is 0.0661. The molecule has 0 atom stereocenters. The molecule has 1 N–H and O–H groups in total. The Kier molecular flexibility index (Phi) is 2.87. The monoisotopic (exact) mass is 252 g/mol. The lowest BCUT2D eigenvalue weighted by Crippen LogP contribution is -2.20. The summed E-state index contributed by atoms with van der Waals surface area (Å²) in [6, 6.07) is 7.34. The van der Waals surface area contributed by atoms with Gasteiger partial charge in [-0.05, 0) is 12.1 Å². The number of benzene rings is 1. The van der Waals surface area contributed by atoms with Crippen LogP contribution in [0.1, 0.15) is 26.0 Å². The van der Waals surface area contributed by atoms with Gasteiger partial charge in [0.2, 0.25) is 0 Å². The largest absolute Gasteiger partial charge is 0.481 e. The number of fused-ring (bicyclic) bond motifs is 1. The highest BCUT2D eigenvalue weighted by Crippen LogP contribution is 2.34. The van der Waals surface area contributed by atoms with Gasteiger partial charge in [0.05, 0.1) is 11.4 Å². The maximum atomic E-state index is 10.8. The fourth-order valence-corrected chi connectivity index (χ4v) is 2.05. The predicted molar refractivity (Wildman–Crippen MR) is 66.5 cm³/mol. The van der Waals surface area contributed by atoms with Gasteiger partial charge in [-0.15, -0.1) is 0 Å². The van der Waals surface area contributed by atoms with E-state index in [1.54, 1.807) is 6.07 Å². The molecule has 0 unspecified atom stereocenters. The van der Waals surface area contributed by atoms with E-state index >= 15 is 0 Å². The van der Waals surface area contributed by atoms with Gasteiger partial charge in [0.15, 0.2) is 5.58 Å². The van der Waals surface area contributed by atoms with Gasteiger partial charge >= 0.3 is 5.97 Å². The van der Waals surface area contributed by atoms with Crippen LogP contribution in [0.4, 0.5) is 0 Å². The highest BCUT2D eigenvalue weighted by atomic mass is 35.5. The van der Waals surface area contributed by atoms with E-state index in [0.29, 0.717) is 16.4 Å². The summed E-state index contributed by atoms with van der Waals surface area (Å²) in [5.74, 6) is -0.204. The minimum absolute atomic E-state index is 0.0183. The van der Waals surface area contributed by atoms with E-state index in [4.69, 9.17) is 21.1 Å². The molecule has 3 nitrogen and oxygen atoms in total. The van der Waals surface area contributed by atoms with Crippen LogP contribution in [0.25, 0.3) is 11.0 Å². The average Bonchev–Trinajstić information content (AvgIpc) is 2.61. The van der Waals surface area contributed by atoms with E-state index in [0.717, 1.165) is 5.39 Å². The van der Waals surface area contributed by atoms with Crippen LogP contribution in [0.15, 0.2) is 28.7 Å². The van der Waals surface area contributed by atoms with E-state index < -0.39 is 11.4 Å². The number of para-hydroxylation sites is 1. The molecule has 0 spiro atoms. The van der Waals surface area contributed by atoms with Gasteiger partial charge in [-0.1, -0.05) is 37.6 Å². The van der Waals surface area contributed by atoms with Crippen LogP contribution in [0.5, 0.6) is 0 Å². The summed E-state index contributed by atoms with van der Waals surface area (Å²) in [6.45, 7) is 3.68. The third kappa shape index (κ3) is 2.29. The number of furan rings is 1. The van der Waals surface area contributed by atoms with Crippen molar-refractivity contribution < 1.29 is 14.3 Å². The zero-order chi connectivity index (χ0) is 12.6. The normalized spacial score (nSPS) is 11.9. The van der Waals surface area contributed by atoms with Crippen LogP contribution in [0, 0.1) is 0 Å². The molecule has 0 aliphatic heterocycles. The topological polar surface area (TPSA) is 50.4 Å². The molecule has 1 heterocycles. The number of hydrogen-bond donors (Lipinski definition) is 1. The molecule has 4 heteroatoms. The number of hydrogen-bond acceptors (Lipinski definition) is 2.